The number of ether oxygens (including phenoxy) is 1. The van der Waals surface area contributed by atoms with Crippen molar-refractivity contribution in [2.45, 2.75) is 19.8 Å². The highest BCUT2D eigenvalue weighted by molar-refractivity contribution is 6.07. The van der Waals surface area contributed by atoms with Gasteiger partial charge in [-0.3, -0.25) is 4.79 Å². The predicted octanol–water partition coefficient (Wildman–Crippen LogP) is 5.52. The van der Waals surface area contributed by atoms with Gasteiger partial charge in [-0.25, -0.2) is 0 Å². The Balaban J connectivity index is 1.30. The second kappa shape index (κ2) is 8.19. The van der Waals surface area contributed by atoms with Crippen LogP contribution < -0.4 is 10.1 Å². The lowest BCUT2D eigenvalue weighted by Gasteiger charge is -2.10. The number of methoxy groups -OCH3 is 1. The van der Waals surface area contributed by atoms with Crippen molar-refractivity contribution in [1.29, 1.82) is 0 Å². The van der Waals surface area contributed by atoms with Crippen LogP contribution in [0.2, 0.25) is 0 Å². The molecular weight excluding hydrogens is 406 g/mol. The van der Waals surface area contributed by atoms with Gasteiger partial charge in [0.25, 0.3) is 0 Å². The first-order valence-corrected chi connectivity index (χ1v) is 10.3. The predicted molar refractivity (Wildman–Crippen MR) is 122 cm³/mol. The number of nitrogens with zero attached hydrogens (tertiary/aromatic N) is 2. The number of rotatable bonds is 6. The molecule has 32 heavy (non-hydrogen) atoms. The van der Waals surface area contributed by atoms with Crippen molar-refractivity contribution in [2.24, 2.45) is 0 Å². The third-order valence-electron chi connectivity index (χ3n) is 5.32. The zero-order chi connectivity index (χ0) is 22.1. The molecule has 7 heteroatoms. The Hall–Kier alpha value is -4.13. The number of carbonyl (C=O) groups is 1. The second-order valence-electron chi connectivity index (χ2n) is 7.57. The summed E-state index contributed by atoms with van der Waals surface area (Å²) in [6.45, 7) is 2.02. The van der Waals surface area contributed by atoms with E-state index in [1.807, 2.05) is 61.5 Å². The molecule has 0 unspecified atom stereocenters. The highest BCUT2D eigenvalue weighted by Crippen LogP contribution is 2.36. The Morgan fingerprint density at radius 2 is 1.84 bits per heavy atom. The maximum absolute atomic E-state index is 12.6. The molecule has 7 nitrogen and oxygen atoms in total. The number of benzene rings is 3. The SMILES string of the molecule is COc1cc2c(cc1NC(=O)CCc1nc(-c3ccc(C)cc3)no1)oc1ccccc12. The molecule has 0 saturated carbocycles. The average molecular weight is 427 g/mol. The van der Waals surface area contributed by atoms with Gasteiger partial charge in [-0.2, -0.15) is 4.98 Å². The van der Waals surface area contributed by atoms with Gasteiger partial charge in [-0.15, -0.1) is 0 Å². The maximum atomic E-state index is 12.6. The normalized spacial score (nSPS) is 11.2. The van der Waals surface area contributed by atoms with Gasteiger partial charge in [-0.1, -0.05) is 53.2 Å². The highest BCUT2D eigenvalue weighted by Gasteiger charge is 2.15. The number of fused-ring (bicyclic) bond motifs is 3. The number of hydrogen-bond acceptors (Lipinski definition) is 6. The third kappa shape index (κ3) is 3.80. The summed E-state index contributed by atoms with van der Waals surface area (Å²) in [5, 5.41) is 8.84. The maximum Gasteiger partial charge on any atom is 0.227 e. The number of para-hydroxylation sites is 1. The molecule has 2 aromatic heterocycles. The van der Waals surface area contributed by atoms with Crippen LogP contribution in [0.25, 0.3) is 33.3 Å². The van der Waals surface area contributed by atoms with E-state index in [9.17, 15) is 4.79 Å². The van der Waals surface area contributed by atoms with Gasteiger partial charge in [0.15, 0.2) is 0 Å². The zero-order valence-corrected chi connectivity index (χ0v) is 17.7. The molecule has 0 aliphatic heterocycles. The lowest BCUT2D eigenvalue weighted by atomic mass is 10.1. The van der Waals surface area contributed by atoms with Crippen molar-refractivity contribution in [3.05, 3.63) is 72.1 Å². The van der Waals surface area contributed by atoms with E-state index in [1.54, 1.807) is 13.2 Å². The monoisotopic (exact) mass is 427 g/mol. The van der Waals surface area contributed by atoms with Crippen molar-refractivity contribution >= 4 is 33.5 Å². The summed E-state index contributed by atoms with van der Waals surface area (Å²) in [5.41, 5.74) is 4.05. The van der Waals surface area contributed by atoms with E-state index < -0.39 is 0 Å². The van der Waals surface area contributed by atoms with E-state index in [0.29, 0.717) is 35.2 Å². The minimum atomic E-state index is -0.186. The quantitative estimate of drug-likeness (QED) is 0.383. The van der Waals surface area contributed by atoms with E-state index >= 15 is 0 Å². The Morgan fingerprint density at radius 3 is 2.66 bits per heavy atom. The molecule has 0 fully saturated rings. The van der Waals surface area contributed by atoms with Gasteiger partial charge in [0, 0.05) is 35.2 Å². The lowest BCUT2D eigenvalue weighted by Crippen LogP contribution is -2.13. The van der Waals surface area contributed by atoms with Crippen LogP contribution in [0, 0.1) is 6.92 Å². The zero-order valence-electron chi connectivity index (χ0n) is 17.7. The second-order valence-corrected chi connectivity index (χ2v) is 7.57. The molecule has 5 rings (SSSR count). The molecular formula is C25H21N3O4. The van der Waals surface area contributed by atoms with Crippen LogP contribution in [0.1, 0.15) is 17.9 Å². The van der Waals surface area contributed by atoms with Crippen molar-refractivity contribution in [1.82, 2.24) is 10.1 Å². The van der Waals surface area contributed by atoms with Crippen LogP contribution in [0.15, 0.2) is 69.6 Å². The summed E-state index contributed by atoms with van der Waals surface area (Å²) in [6.07, 6.45) is 0.525. The van der Waals surface area contributed by atoms with Gasteiger partial charge >= 0.3 is 0 Å². The lowest BCUT2D eigenvalue weighted by molar-refractivity contribution is -0.116. The Labute approximate surface area is 184 Å². The summed E-state index contributed by atoms with van der Waals surface area (Å²) in [6, 6.07) is 19.3. The fraction of sp³-hybridized carbons (Fsp3) is 0.160. The van der Waals surface area contributed by atoms with Crippen molar-refractivity contribution < 1.29 is 18.5 Å². The number of carbonyl (C=O) groups excluding carboxylic acids is 1. The van der Waals surface area contributed by atoms with Gasteiger partial charge in [0.2, 0.25) is 17.6 Å². The number of aryl methyl sites for hydroxylation is 2. The first kappa shape index (κ1) is 19.8. The van der Waals surface area contributed by atoms with E-state index in [0.717, 1.165) is 27.5 Å². The summed E-state index contributed by atoms with van der Waals surface area (Å²) in [5.74, 6) is 1.30. The number of anilines is 1. The molecule has 0 spiro atoms. The molecule has 0 bridgehead atoms. The first-order valence-electron chi connectivity index (χ1n) is 10.3. The van der Waals surface area contributed by atoms with E-state index in [4.69, 9.17) is 13.7 Å². The smallest absolute Gasteiger partial charge is 0.227 e. The Kier molecular flexibility index (Phi) is 5.07. The Morgan fingerprint density at radius 1 is 1.03 bits per heavy atom. The minimum Gasteiger partial charge on any atom is -0.495 e. The largest absolute Gasteiger partial charge is 0.495 e. The molecule has 0 saturated heterocycles. The van der Waals surface area contributed by atoms with Crippen LogP contribution >= 0.6 is 0 Å². The molecule has 5 aromatic rings. The van der Waals surface area contributed by atoms with Crippen molar-refractivity contribution in [3.63, 3.8) is 0 Å². The summed E-state index contributed by atoms with van der Waals surface area (Å²) in [4.78, 5) is 17.0. The molecule has 160 valence electrons. The van der Waals surface area contributed by atoms with Crippen molar-refractivity contribution in [2.75, 3.05) is 12.4 Å². The van der Waals surface area contributed by atoms with Crippen molar-refractivity contribution in [3.8, 4) is 17.1 Å². The van der Waals surface area contributed by atoms with Gasteiger partial charge in [-0.05, 0) is 19.1 Å². The third-order valence-corrected chi connectivity index (χ3v) is 5.32. The van der Waals surface area contributed by atoms with Crippen LogP contribution in [0.5, 0.6) is 5.75 Å². The number of aromatic nitrogens is 2. The highest BCUT2D eigenvalue weighted by atomic mass is 16.5. The Bertz CT molecular complexity index is 1420. The number of nitrogens with one attached hydrogen (secondary N) is 1. The number of amides is 1. The molecule has 2 heterocycles. The molecule has 1 amide bonds. The summed E-state index contributed by atoms with van der Waals surface area (Å²) >= 11 is 0. The topological polar surface area (TPSA) is 90.4 Å². The molecule has 1 N–H and O–H groups in total. The molecule has 0 atom stereocenters. The average Bonchev–Trinajstić information content (AvgIpc) is 3.42. The van der Waals surface area contributed by atoms with E-state index in [2.05, 4.69) is 15.5 Å². The number of hydrogen-bond donors (Lipinski definition) is 1. The number of furan rings is 1. The first-order chi connectivity index (χ1) is 15.6. The van der Waals surface area contributed by atoms with Crippen LogP contribution in [0.3, 0.4) is 0 Å². The fourth-order valence-corrected chi connectivity index (χ4v) is 3.63. The van der Waals surface area contributed by atoms with Gasteiger partial charge in [0.05, 0.1) is 12.8 Å². The van der Waals surface area contributed by atoms with Crippen LogP contribution in [-0.2, 0) is 11.2 Å². The van der Waals surface area contributed by atoms with E-state index in [-0.39, 0.29) is 12.3 Å². The summed E-state index contributed by atoms with van der Waals surface area (Å²) in [7, 11) is 1.57. The van der Waals surface area contributed by atoms with Gasteiger partial charge < -0.3 is 19.0 Å². The van der Waals surface area contributed by atoms with E-state index in [1.165, 1.54) is 0 Å². The minimum absolute atomic E-state index is 0.186. The fourth-order valence-electron chi connectivity index (χ4n) is 3.63. The molecule has 3 aromatic carbocycles. The summed E-state index contributed by atoms with van der Waals surface area (Å²) < 4.78 is 16.7. The van der Waals surface area contributed by atoms with Crippen LogP contribution in [-0.4, -0.2) is 23.2 Å². The van der Waals surface area contributed by atoms with Gasteiger partial charge in [0.1, 0.15) is 16.9 Å². The molecule has 0 aliphatic rings. The van der Waals surface area contributed by atoms with Crippen LogP contribution in [0.4, 0.5) is 5.69 Å². The molecule has 0 radical (unpaired) electrons. The standard InChI is InChI=1S/C25H21N3O4/c1-15-7-9-16(10-8-15)25-27-24(32-28-25)12-11-23(29)26-19-14-21-18(13-22(19)30-2)17-5-3-4-6-20(17)31-21/h3-10,13-14H,11-12H2,1-2H3,(H,26,29). The molecule has 0 aliphatic carbocycles.